The van der Waals surface area contributed by atoms with E-state index in [2.05, 4.69) is 4.74 Å². The maximum Gasteiger partial charge on any atom is 0.305 e. The monoisotopic (exact) mass is 236 g/mol. The highest BCUT2D eigenvalue weighted by Gasteiger charge is 2.32. The molecule has 1 fully saturated rings. The second-order valence-electron chi connectivity index (χ2n) is 3.57. The van der Waals surface area contributed by atoms with E-state index >= 15 is 0 Å². The number of ether oxygens (including phenoxy) is 1. The summed E-state index contributed by atoms with van der Waals surface area (Å²) < 4.78 is 28.9. The fourth-order valence-corrected chi connectivity index (χ4v) is 2.93. The van der Waals surface area contributed by atoms with E-state index in [1.54, 1.807) is 0 Å². The number of sulfonamides is 1. The van der Waals surface area contributed by atoms with E-state index in [4.69, 9.17) is 5.73 Å². The highest BCUT2D eigenvalue weighted by atomic mass is 32.2. The van der Waals surface area contributed by atoms with Crippen LogP contribution in [-0.4, -0.2) is 50.7 Å². The molecule has 15 heavy (non-hydrogen) atoms. The Morgan fingerprint density at radius 3 is 2.60 bits per heavy atom. The van der Waals surface area contributed by atoms with Crippen molar-refractivity contribution in [1.29, 1.82) is 0 Å². The van der Waals surface area contributed by atoms with Crippen LogP contribution in [0, 0.1) is 0 Å². The Labute approximate surface area is 89.4 Å². The molecular formula is C8H16N2O4S. The molecule has 0 aromatic carbocycles. The Balaban J connectivity index is 2.28. The van der Waals surface area contributed by atoms with Crippen LogP contribution in [0.5, 0.6) is 0 Å². The molecular weight excluding hydrogens is 220 g/mol. The summed E-state index contributed by atoms with van der Waals surface area (Å²) in [6.07, 6.45) is 0.427. The van der Waals surface area contributed by atoms with E-state index in [9.17, 15) is 13.2 Å². The molecule has 0 aliphatic carbocycles. The van der Waals surface area contributed by atoms with Crippen LogP contribution in [0.1, 0.15) is 12.8 Å². The van der Waals surface area contributed by atoms with Gasteiger partial charge in [-0.25, -0.2) is 8.42 Å². The van der Waals surface area contributed by atoms with Gasteiger partial charge in [0, 0.05) is 25.6 Å². The predicted molar refractivity (Wildman–Crippen MR) is 54.6 cm³/mol. The molecule has 88 valence electrons. The van der Waals surface area contributed by atoms with Crippen LogP contribution in [-0.2, 0) is 19.6 Å². The number of rotatable bonds is 5. The van der Waals surface area contributed by atoms with Gasteiger partial charge in [0.05, 0.1) is 12.9 Å². The van der Waals surface area contributed by atoms with Crippen LogP contribution in [0.25, 0.3) is 0 Å². The van der Waals surface area contributed by atoms with Gasteiger partial charge < -0.3 is 10.5 Å². The summed E-state index contributed by atoms with van der Waals surface area (Å²) in [5.41, 5.74) is 5.48. The van der Waals surface area contributed by atoms with Crippen LogP contribution < -0.4 is 5.73 Å². The summed E-state index contributed by atoms with van der Waals surface area (Å²) in [7, 11) is -1.93. The smallest absolute Gasteiger partial charge is 0.305 e. The molecule has 0 atom stereocenters. The average Bonchev–Trinajstić information content (AvgIpc) is 2.12. The van der Waals surface area contributed by atoms with E-state index in [1.165, 1.54) is 11.4 Å². The van der Waals surface area contributed by atoms with E-state index in [0.29, 0.717) is 19.5 Å². The zero-order valence-electron chi connectivity index (χ0n) is 8.68. The van der Waals surface area contributed by atoms with Gasteiger partial charge in [-0.1, -0.05) is 0 Å². The SMILES string of the molecule is COC(=O)CCCS(=O)(=O)N1CC(N)C1. The summed E-state index contributed by atoms with van der Waals surface area (Å²) in [5, 5.41) is 0. The number of nitrogens with two attached hydrogens (primary N) is 1. The maximum atomic E-state index is 11.5. The van der Waals surface area contributed by atoms with E-state index < -0.39 is 10.0 Å². The zero-order chi connectivity index (χ0) is 11.5. The topological polar surface area (TPSA) is 89.7 Å². The Kier molecular flexibility index (Phi) is 4.06. The minimum absolute atomic E-state index is 0.0190. The molecule has 0 spiro atoms. The fourth-order valence-electron chi connectivity index (χ4n) is 1.33. The van der Waals surface area contributed by atoms with E-state index in [0.717, 1.165) is 0 Å². The number of hydrogen-bond donors (Lipinski definition) is 1. The molecule has 0 bridgehead atoms. The third-order valence-corrected chi connectivity index (χ3v) is 4.17. The molecule has 6 nitrogen and oxygen atoms in total. The predicted octanol–water partition coefficient (Wildman–Crippen LogP) is -1.09. The molecule has 0 radical (unpaired) electrons. The van der Waals surface area contributed by atoms with Crippen LogP contribution in [0.4, 0.5) is 0 Å². The molecule has 0 amide bonds. The minimum Gasteiger partial charge on any atom is -0.469 e. The van der Waals surface area contributed by atoms with Crippen LogP contribution in [0.15, 0.2) is 0 Å². The number of carbonyl (C=O) groups is 1. The zero-order valence-corrected chi connectivity index (χ0v) is 9.50. The fraction of sp³-hybridized carbons (Fsp3) is 0.875. The van der Waals surface area contributed by atoms with Crippen LogP contribution in [0.3, 0.4) is 0 Å². The molecule has 0 unspecified atom stereocenters. The first-order chi connectivity index (χ1) is 6.95. The van der Waals surface area contributed by atoms with Crippen molar-refractivity contribution in [3.63, 3.8) is 0 Å². The molecule has 1 aliphatic heterocycles. The van der Waals surface area contributed by atoms with E-state index in [1.807, 2.05) is 0 Å². The van der Waals surface area contributed by atoms with Gasteiger partial charge in [0.15, 0.2) is 0 Å². The molecule has 2 N–H and O–H groups in total. The largest absolute Gasteiger partial charge is 0.469 e. The number of carbonyl (C=O) groups excluding carboxylic acids is 1. The quantitative estimate of drug-likeness (QED) is 0.613. The van der Waals surface area contributed by atoms with Gasteiger partial charge in [-0.2, -0.15) is 4.31 Å². The van der Waals surface area contributed by atoms with Gasteiger partial charge >= 0.3 is 5.97 Å². The first-order valence-electron chi connectivity index (χ1n) is 4.76. The Hall–Kier alpha value is -0.660. The minimum atomic E-state index is -3.21. The Morgan fingerprint density at radius 1 is 1.53 bits per heavy atom. The van der Waals surface area contributed by atoms with Gasteiger partial charge in [0.2, 0.25) is 10.0 Å². The van der Waals surface area contributed by atoms with Crippen molar-refractivity contribution in [3.8, 4) is 0 Å². The summed E-state index contributed by atoms with van der Waals surface area (Å²) in [4.78, 5) is 10.8. The summed E-state index contributed by atoms with van der Waals surface area (Å²) >= 11 is 0. The molecule has 7 heteroatoms. The van der Waals surface area contributed by atoms with Gasteiger partial charge in [-0.05, 0) is 6.42 Å². The Morgan fingerprint density at radius 2 is 2.13 bits per heavy atom. The van der Waals surface area contributed by atoms with Crippen molar-refractivity contribution in [2.75, 3.05) is 26.0 Å². The molecule has 1 heterocycles. The third kappa shape index (κ3) is 3.44. The number of hydrogen-bond acceptors (Lipinski definition) is 5. The van der Waals surface area contributed by atoms with Gasteiger partial charge in [-0.15, -0.1) is 0 Å². The lowest BCUT2D eigenvalue weighted by molar-refractivity contribution is -0.140. The molecule has 1 saturated heterocycles. The highest BCUT2D eigenvalue weighted by Crippen LogP contribution is 2.13. The first-order valence-corrected chi connectivity index (χ1v) is 6.37. The van der Waals surface area contributed by atoms with Crippen molar-refractivity contribution < 1.29 is 17.9 Å². The van der Waals surface area contributed by atoms with Crippen molar-refractivity contribution in [1.82, 2.24) is 4.31 Å². The lowest BCUT2D eigenvalue weighted by Crippen LogP contribution is -2.58. The maximum absolute atomic E-state index is 11.5. The van der Waals surface area contributed by atoms with Gasteiger partial charge in [0.1, 0.15) is 0 Å². The standard InChI is InChI=1S/C8H16N2O4S/c1-14-8(11)3-2-4-15(12,13)10-5-7(9)6-10/h7H,2-6,9H2,1H3. The number of nitrogens with zero attached hydrogens (tertiary/aromatic N) is 1. The molecule has 1 aliphatic rings. The van der Waals surface area contributed by atoms with Crippen molar-refractivity contribution in [2.45, 2.75) is 18.9 Å². The van der Waals surface area contributed by atoms with Crippen molar-refractivity contribution >= 4 is 16.0 Å². The normalized spacial score (nSPS) is 18.5. The van der Waals surface area contributed by atoms with E-state index in [-0.39, 0.29) is 24.2 Å². The third-order valence-electron chi connectivity index (χ3n) is 2.28. The Bertz CT molecular complexity index is 322. The summed E-state index contributed by atoms with van der Waals surface area (Å²) in [5.74, 6) is -0.403. The molecule has 0 aromatic heterocycles. The number of methoxy groups -OCH3 is 1. The molecule has 0 aromatic rings. The van der Waals surface area contributed by atoms with Crippen molar-refractivity contribution in [3.05, 3.63) is 0 Å². The highest BCUT2D eigenvalue weighted by molar-refractivity contribution is 7.89. The number of esters is 1. The summed E-state index contributed by atoms with van der Waals surface area (Å²) in [6.45, 7) is 0.779. The van der Waals surface area contributed by atoms with Gasteiger partial charge in [0.25, 0.3) is 0 Å². The second-order valence-corrected chi connectivity index (χ2v) is 5.66. The molecule has 0 saturated carbocycles. The van der Waals surface area contributed by atoms with Crippen LogP contribution in [0.2, 0.25) is 0 Å². The summed E-state index contributed by atoms with van der Waals surface area (Å²) in [6, 6.07) is -0.0413. The lowest BCUT2D eigenvalue weighted by atomic mass is 10.2. The molecule has 1 rings (SSSR count). The van der Waals surface area contributed by atoms with Crippen molar-refractivity contribution in [2.24, 2.45) is 5.73 Å². The second kappa shape index (κ2) is 4.91. The average molecular weight is 236 g/mol. The van der Waals surface area contributed by atoms with Gasteiger partial charge in [-0.3, -0.25) is 4.79 Å². The van der Waals surface area contributed by atoms with Crippen LogP contribution >= 0.6 is 0 Å². The first kappa shape index (κ1) is 12.4. The lowest BCUT2D eigenvalue weighted by Gasteiger charge is -2.35.